The molecular formula is C20H14BrClN2O4. The van der Waals surface area contributed by atoms with E-state index < -0.39 is 11.9 Å². The van der Waals surface area contributed by atoms with Crippen LogP contribution in [0.15, 0.2) is 71.2 Å². The van der Waals surface area contributed by atoms with E-state index in [4.69, 9.17) is 21.5 Å². The number of amides is 1. The van der Waals surface area contributed by atoms with Gasteiger partial charge in [-0.25, -0.2) is 10.3 Å². The summed E-state index contributed by atoms with van der Waals surface area (Å²) in [5, 5.41) is 12.0. The van der Waals surface area contributed by atoms with Gasteiger partial charge in [-0.3, -0.25) is 4.79 Å². The molecule has 0 saturated heterocycles. The van der Waals surface area contributed by atoms with Gasteiger partial charge in [-0.15, -0.1) is 0 Å². The molecule has 0 atom stereocenters. The van der Waals surface area contributed by atoms with Crippen LogP contribution in [0.3, 0.4) is 0 Å². The minimum absolute atomic E-state index is 0.131. The topological polar surface area (TPSA) is 87.7 Å². The van der Waals surface area contributed by atoms with Crippen molar-refractivity contribution in [3.05, 3.63) is 87.4 Å². The van der Waals surface area contributed by atoms with Crippen LogP contribution >= 0.6 is 27.5 Å². The predicted molar refractivity (Wildman–Crippen MR) is 111 cm³/mol. The summed E-state index contributed by atoms with van der Waals surface area (Å²) in [7, 11) is 0. The van der Waals surface area contributed by atoms with Crippen LogP contribution in [-0.2, 0) is 0 Å². The Morgan fingerprint density at radius 1 is 0.964 bits per heavy atom. The Bertz CT molecular complexity index is 1010. The highest BCUT2D eigenvalue weighted by Crippen LogP contribution is 2.24. The molecule has 0 heterocycles. The molecule has 28 heavy (non-hydrogen) atoms. The fourth-order valence-electron chi connectivity index (χ4n) is 2.30. The number of carboxylic acid groups (broad SMARTS) is 1. The molecule has 0 aliphatic rings. The number of carbonyl (C=O) groups excluding carboxylic acids is 1. The van der Waals surface area contributed by atoms with Gasteiger partial charge in [-0.1, -0.05) is 27.5 Å². The summed E-state index contributed by atoms with van der Waals surface area (Å²) in [6, 6.07) is 17.8. The minimum Gasteiger partial charge on any atom is -0.478 e. The van der Waals surface area contributed by atoms with Gasteiger partial charge in [0, 0.05) is 15.2 Å². The summed E-state index contributed by atoms with van der Waals surface area (Å²) in [5.74, 6) is -0.898. The highest BCUT2D eigenvalue weighted by molar-refractivity contribution is 9.10. The second kappa shape index (κ2) is 8.77. The summed E-state index contributed by atoms with van der Waals surface area (Å²) in [6.45, 7) is 0. The molecule has 8 heteroatoms. The first kappa shape index (κ1) is 19.7. The van der Waals surface area contributed by atoms with E-state index in [1.807, 2.05) is 12.1 Å². The van der Waals surface area contributed by atoms with Crippen molar-refractivity contribution in [1.82, 2.24) is 0 Å². The van der Waals surface area contributed by atoms with Crippen LogP contribution in [0, 0.1) is 0 Å². The van der Waals surface area contributed by atoms with E-state index in [1.54, 1.807) is 24.3 Å². The average molecular weight is 462 g/mol. The number of carboxylic acids is 1. The van der Waals surface area contributed by atoms with Crippen LogP contribution in [0.4, 0.5) is 11.4 Å². The van der Waals surface area contributed by atoms with E-state index in [1.165, 1.54) is 30.3 Å². The Morgan fingerprint density at radius 3 is 2.29 bits per heavy atom. The Balaban J connectivity index is 1.76. The number of halogens is 2. The summed E-state index contributed by atoms with van der Waals surface area (Å²) in [6.07, 6.45) is 0. The number of carbonyl (C=O) groups is 2. The second-order valence-electron chi connectivity index (χ2n) is 5.68. The maximum Gasteiger partial charge on any atom is 0.335 e. The van der Waals surface area contributed by atoms with E-state index in [9.17, 15) is 9.59 Å². The van der Waals surface area contributed by atoms with Gasteiger partial charge >= 0.3 is 5.97 Å². The third-order valence-electron chi connectivity index (χ3n) is 3.71. The van der Waals surface area contributed by atoms with Crippen molar-refractivity contribution in [2.24, 2.45) is 0 Å². The van der Waals surface area contributed by atoms with E-state index in [0.29, 0.717) is 22.1 Å². The number of anilines is 2. The first-order valence-corrected chi connectivity index (χ1v) is 9.22. The average Bonchev–Trinajstić information content (AvgIpc) is 2.68. The fraction of sp³-hybridized carbons (Fsp3) is 0. The van der Waals surface area contributed by atoms with Crippen LogP contribution < -0.4 is 15.6 Å². The van der Waals surface area contributed by atoms with Crippen LogP contribution in [0.1, 0.15) is 20.7 Å². The molecule has 0 spiro atoms. The van der Waals surface area contributed by atoms with Gasteiger partial charge in [0.05, 0.1) is 16.8 Å². The first-order valence-electron chi connectivity index (χ1n) is 8.05. The lowest BCUT2D eigenvalue weighted by Gasteiger charge is -2.13. The Morgan fingerprint density at radius 2 is 1.64 bits per heavy atom. The van der Waals surface area contributed by atoms with Gasteiger partial charge in [-0.2, -0.15) is 0 Å². The van der Waals surface area contributed by atoms with E-state index in [-0.39, 0.29) is 11.1 Å². The van der Waals surface area contributed by atoms with Gasteiger partial charge in [0.2, 0.25) is 0 Å². The number of aromatic carboxylic acids is 1. The standard InChI is InChI=1S/C20H14BrClN2O4/c21-13-3-8-16(9-4-13)28-24-18-10-5-14(22)11-17(18)19(25)23-15-6-1-12(2-7-15)20(26)27/h1-11,24H,(H,23,25)(H,26,27). The van der Waals surface area contributed by atoms with Crippen molar-refractivity contribution < 1.29 is 19.5 Å². The number of benzene rings is 3. The molecule has 3 aromatic rings. The van der Waals surface area contributed by atoms with Crippen molar-refractivity contribution in [3.8, 4) is 5.75 Å². The number of hydrogen-bond acceptors (Lipinski definition) is 4. The summed E-state index contributed by atoms with van der Waals surface area (Å²) in [5.41, 5.74) is 4.03. The molecule has 142 valence electrons. The molecule has 0 saturated carbocycles. The lowest BCUT2D eigenvalue weighted by atomic mass is 10.1. The van der Waals surface area contributed by atoms with E-state index in [0.717, 1.165) is 4.47 Å². The largest absolute Gasteiger partial charge is 0.478 e. The lowest BCUT2D eigenvalue weighted by molar-refractivity contribution is 0.0696. The zero-order valence-electron chi connectivity index (χ0n) is 14.3. The van der Waals surface area contributed by atoms with Crippen LogP contribution in [0.2, 0.25) is 5.02 Å². The normalized spacial score (nSPS) is 10.2. The summed E-state index contributed by atoms with van der Waals surface area (Å²) in [4.78, 5) is 29.1. The highest BCUT2D eigenvalue weighted by Gasteiger charge is 2.14. The molecule has 0 fully saturated rings. The van der Waals surface area contributed by atoms with Crippen LogP contribution in [0.25, 0.3) is 0 Å². The minimum atomic E-state index is -1.04. The van der Waals surface area contributed by atoms with Crippen LogP contribution in [0.5, 0.6) is 5.75 Å². The fourth-order valence-corrected chi connectivity index (χ4v) is 2.74. The van der Waals surface area contributed by atoms with Crippen molar-refractivity contribution in [1.29, 1.82) is 0 Å². The monoisotopic (exact) mass is 460 g/mol. The molecule has 3 rings (SSSR count). The first-order chi connectivity index (χ1) is 13.4. The second-order valence-corrected chi connectivity index (χ2v) is 7.04. The molecule has 0 aliphatic heterocycles. The molecular weight excluding hydrogens is 448 g/mol. The summed E-state index contributed by atoms with van der Waals surface area (Å²) < 4.78 is 0.917. The van der Waals surface area contributed by atoms with Gasteiger partial charge in [0.1, 0.15) is 0 Å². The zero-order valence-corrected chi connectivity index (χ0v) is 16.6. The Hall–Kier alpha value is -3.03. The van der Waals surface area contributed by atoms with Crippen molar-refractivity contribution >= 4 is 50.8 Å². The third-order valence-corrected chi connectivity index (χ3v) is 4.47. The Kier molecular flexibility index (Phi) is 6.18. The molecule has 1 amide bonds. The molecule has 0 unspecified atom stereocenters. The van der Waals surface area contributed by atoms with E-state index >= 15 is 0 Å². The SMILES string of the molecule is O=C(O)c1ccc(NC(=O)c2cc(Cl)ccc2NOc2ccc(Br)cc2)cc1. The van der Waals surface area contributed by atoms with E-state index in [2.05, 4.69) is 26.7 Å². The van der Waals surface area contributed by atoms with Crippen molar-refractivity contribution in [2.45, 2.75) is 0 Å². The zero-order chi connectivity index (χ0) is 20.1. The van der Waals surface area contributed by atoms with Gasteiger partial charge in [0.25, 0.3) is 5.91 Å². The lowest BCUT2D eigenvalue weighted by Crippen LogP contribution is -2.16. The number of nitrogens with one attached hydrogen (secondary N) is 2. The molecule has 0 aromatic heterocycles. The van der Waals surface area contributed by atoms with Gasteiger partial charge < -0.3 is 15.3 Å². The number of rotatable bonds is 6. The quantitative estimate of drug-likeness (QED) is 0.424. The molecule has 6 nitrogen and oxygen atoms in total. The number of hydrogen-bond donors (Lipinski definition) is 3. The smallest absolute Gasteiger partial charge is 0.335 e. The van der Waals surface area contributed by atoms with Crippen molar-refractivity contribution in [2.75, 3.05) is 10.8 Å². The molecule has 0 bridgehead atoms. The highest BCUT2D eigenvalue weighted by atomic mass is 79.9. The summed E-state index contributed by atoms with van der Waals surface area (Å²) >= 11 is 9.38. The maximum atomic E-state index is 12.7. The molecule has 3 aromatic carbocycles. The van der Waals surface area contributed by atoms with Crippen LogP contribution in [-0.4, -0.2) is 17.0 Å². The molecule has 0 radical (unpaired) electrons. The maximum absolute atomic E-state index is 12.7. The van der Waals surface area contributed by atoms with Gasteiger partial charge in [-0.05, 0) is 66.7 Å². The van der Waals surface area contributed by atoms with Gasteiger partial charge in [0.15, 0.2) is 5.75 Å². The third kappa shape index (κ3) is 5.03. The van der Waals surface area contributed by atoms with Crippen molar-refractivity contribution in [3.63, 3.8) is 0 Å². The molecule has 0 aliphatic carbocycles. The molecule has 3 N–H and O–H groups in total. The Labute approximate surface area is 174 Å². The predicted octanol–water partition coefficient (Wildman–Crippen LogP) is 5.46.